The third-order valence-corrected chi connectivity index (χ3v) is 3.04. The molecule has 1 aliphatic heterocycles. The summed E-state index contributed by atoms with van der Waals surface area (Å²) in [5.74, 6) is 0.892. The Morgan fingerprint density at radius 2 is 2.47 bits per heavy atom. The van der Waals surface area contributed by atoms with Crippen molar-refractivity contribution in [2.24, 2.45) is 0 Å². The molecule has 1 aromatic heterocycles. The Bertz CT molecular complexity index is 337. The highest BCUT2D eigenvalue weighted by molar-refractivity contribution is 5.43. The number of likely N-dealkylation sites (N-methyl/N-ethyl adjacent to an activating group) is 1. The fourth-order valence-electron chi connectivity index (χ4n) is 2.07. The summed E-state index contributed by atoms with van der Waals surface area (Å²) in [5.41, 5.74) is 6.28. The smallest absolute Gasteiger partial charge is 0.126 e. The minimum Gasteiger partial charge on any atom is -0.397 e. The van der Waals surface area contributed by atoms with Gasteiger partial charge in [0.2, 0.25) is 0 Å². The minimum absolute atomic E-state index is 0.579. The van der Waals surface area contributed by atoms with Crippen molar-refractivity contribution in [3.05, 3.63) is 18.3 Å². The predicted octanol–water partition coefficient (Wildman–Crippen LogP) is 0.369. The second kappa shape index (κ2) is 5.84. The molecule has 0 saturated carbocycles. The summed E-state index contributed by atoms with van der Waals surface area (Å²) in [6.07, 6.45) is 2.78. The lowest BCUT2D eigenvalue weighted by molar-refractivity contribution is 0.234. The van der Waals surface area contributed by atoms with E-state index in [4.69, 9.17) is 5.73 Å². The molecule has 1 atom stereocenters. The number of piperazine rings is 1. The Labute approximate surface area is 102 Å². The average molecular weight is 235 g/mol. The summed E-state index contributed by atoms with van der Waals surface area (Å²) in [5, 5.41) is 6.83. The van der Waals surface area contributed by atoms with Crippen molar-refractivity contribution in [3.63, 3.8) is 0 Å². The van der Waals surface area contributed by atoms with E-state index in [2.05, 4.69) is 27.6 Å². The molecule has 0 spiro atoms. The lowest BCUT2D eigenvalue weighted by Gasteiger charge is -2.30. The minimum atomic E-state index is 0.579. The van der Waals surface area contributed by atoms with Crippen LogP contribution >= 0.6 is 0 Å². The van der Waals surface area contributed by atoms with Gasteiger partial charge in [0.05, 0.1) is 11.9 Å². The van der Waals surface area contributed by atoms with E-state index in [1.807, 2.05) is 12.1 Å². The highest BCUT2D eigenvalue weighted by atomic mass is 15.2. The number of rotatable bonds is 4. The van der Waals surface area contributed by atoms with Crippen molar-refractivity contribution < 1.29 is 0 Å². The number of hydrogen-bond donors (Lipinski definition) is 3. The predicted molar refractivity (Wildman–Crippen MR) is 71.0 cm³/mol. The number of anilines is 2. The third kappa shape index (κ3) is 3.87. The molecule has 0 amide bonds. The van der Waals surface area contributed by atoms with Gasteiger partial charge in [0.1, 0.15) is 5.82 Å². The van der Waals surface area contributed by atoms with E-state index in [0.717, 1.165) is 38.4 Å². The van der Waals surface area contributed by atoms with E-state index < -0.39 is 0 Å². The Hall–Kier alpha value is -1.33. The molecule has 1 unspecified atom stereocenters. The van der Waals surface area contributed by atoms with Crippen molar-refractivity contribution in [2.75, 3.05) is 44.3 Å². The normalized spacial score (nSPS) is 21.4. The van der Waals surface area contributed by atoms with Crippen LogP contribution in [0.5, 0.6) is 0 Å². The molecule has 5 nitrogen and oxygen atoms in total. The molecule has 1 aliphatic rings. The van der Waals surface area contributed by atoms with Crippen molar-refractivity contribution in [3.8, 4) is 0 Å². The number of nitrogens with zero attached hydrogens (tertiary/aromatic N) is 2. The van der Waals surface area contributed by atoms with Gasteiger partial charge in [-0.25, -0.2) is 4.98 Å². The third-order valence-electron chi connectivity index (χ3n) is 3.04. The summed E-state index contributed by atoms with van der Waals surface area (Å²) in [4.78, 5) is 6.57. The SMILES string of the molecule is CN1CCNC(CCNc2ccc(N)cn2)C1. The molecule has 0 bridgehead atoms. The standard InChI is InChI=1S/C12H21N5/c1-17-7-6-14-11(9-17)4-5-15-12-3-2-10(13)8-16-12/h2-3,8,11,14H,4-7,9,13H2,1H3,(H,15,16). The van der Waals surface area contributed by atoms with Crippen molar-refractivity contribution in [1.82, 2.24) is 15.2 Å². The first-order valence-electron chi connectivity index (χ1n) is 6.11. The van der Waals surface area contributed by atoms with Crippen LogP contribution < -0.4 is 16.4 Å². The number of hydrogen-bond acceptors (Lipinski definition) is 5. The first kappa shape index (κ1) is 12.1. The van der Waals surface area contributed by atoms with Gasteiger partial charge >= 0.3 is 0 Å². The molecule has 1 saturated heterocycles. The Morgan fingerprint density at radius 3 is 3.18 bits per heavy atom. The Kier molecular flexibility index (Phi) is 4.17. The maximum absolute atomic E-state index is 5.58. The van der Waals surface area contributed by atoms with Gasteiger partial charge in [0, 0.05) is 32.2 Å². The molecule has 2 rings (SSSR count). The first-order valence-corrected chi connectivity index (χ1v) is 6.11. The summed E-state index contributed by atoms with van der Waals surface area (Å²) < 4.78 is 0. The zero-order chi connectivity index (χ0) is 12.1. The molecular weight excluding hydrogens is 214 g/mol. The first-order chi connectivity index (χ1) is 8.24. The van der Waals surface area contributed by atoms with E-state index >= 15 is 0 Å². The molecule has 2 heterocycles. The van der Waals surface area contributed by atoms with Gasteiger partial charge < -0.3 is 21.3 Å². The summed E-state index contributed by atoms with van der Waals surface area (Å²) in [6.45, 7) is 4.28. The fourth-order valence-corrected chi connectivity index (χ4v) is 2.07. The highest BCUT2D eigenvalue weighted by Gasteiger charge is 2.15. The molecule has 94 valence electrons. The highest BCUT2D eigenvalue weighted by Crippen LogP contribution is 2.06. The van der Waals surface area contributed by atoms with E-state index in [-0.39, 0.29) is 0 Å². The second-order valence-corrected chi connectivity index (χ2v) is 4.61. The fraction of sp³-hybridized carbons (Fsp3) is 0.583. The Balaban J connectivity index is 1.70. The zero-order valence-electron chi connectivity index (χ0n) is 10.3. The van der Waals surface area contributed by atoms with Crippen LogP contribution in [0, 0.1) is 0 Å². The van der Waals surface area contributed by atoms with Gasteiger partial charge in [-0.05, 0) is 25.6 Å². The van der Waals surface area contributed by atoms with Crippen LogP contribution in [0.2, 0.25) is 0 Å². The molecule has 5 heteroatoms. The molecule has 1 aromatic rings. The van der Waals surface area contributed by atoms with Crippen LogP contribution in [-0.4, -0.2) is 49.2 Å². The van der Waals surface area contributed by atoms with Gasteiger partial charge in [0.15, 0.2) is 0 Å². The topological polar surface area (TPSA) is 66.2 Å². The average Bonchev–Trinajstić information content (AvgIpc) is 2.32. The van der Waals surface area contributed by atoms with Crippen LogP contribution in [0.3, 0.4) is 0 Å². The monoisotopic (exact) mass is 235 g/mol. The van der Waals surface area contributed by atoms with Gasteiger partial charge in [-0.15, -0.1) is 0 Å². The van der Waals surface area contributed by atoms with Crippen LogP contribution in [0.25, 0.3) is 0 Å². The van der Waals surface area contributed by atoms with Crippen molar-refractivity contribution >= 4 is 11.5 Å². The lowest BCUT2D eigenvalue weighted by atomic mass is 10.1. The van der Waals surface area contributed by atoms with Gasteiger partial charge in [-0.3, -0.25) is 0 Å². The number of nitrogen functional groups attached to an aromatic ring is 1. The van der Waals surface area contributed by atoms with E-state index in [1.165, 1.54) is 0 Å². The molecule has 4 N–H and O–H groups in total. The maximum atomic E-state index is 5.58. The van der Waals surface area contributed by atoms with Crippen molar-refractivity contribution in [1.29, 1.82) is 0 Å². The largest absolute Gasteiger partial charge is 0.397 e. The molecular formula is C12H21N5. The molecule has 0 aliphatic carbocycles. The van der Waals surface area contributed by atoms with E-state index in [1.54, 1.807) is 6.20 Å². The quantitative estimate of drug-likeness (QED) is 0.703. The van der Waals surface area contributed by atoms with Crippen LogP contribution in [0.4, 0.5) is 11.5 Å². The van der Waals surface area contributed by atoms with Gasteiger partial charge in [-0.1, -0.05) is 0 Å². The summed E-state index contributed by atoms with van der Waals surface area (Å²) >= 11 is 0. The molecule has 17 heavy (non-hydrogen) atoms. The van der Waals surface area contributed by atoms with E-state index in [9.17, 15) is 0 Å². The Morgan fingerprint density at radius 1 is 1.59 bits per heavy atom. The van der Waals surface area contributed by atoms with E-state index in [0.29, 0.717) is 11.7 Å². The number of pyridine rings is 1. The van der Waals surface area contributed by atoms with Crippen molar-refractivity contribution in [2.45, 2.75) is 12.5 Å². The number of nitrogens with one attached hydrogen (secondary N) is 2. The second-order valence-electron chi connectivity index (χ2n) is 4.61. The maximum Gasteiger partial charge on any atom is 0.126 e. The molecule has 1 fully saturated rings. The number of aromatic nitrogens is 1. The molecule has 0 radical (unpaired) electrons. The summed E-state index contributed by atoms with van der Waals surface area (Å²) in [6, 6.07) is 4.35. The molecule has 0 aromatic carbocycles. The summed E-state index contributed by atoms with van der Waals surface area (Å²) in [7, 11) is 2.17. The zero-order valence-corrected chi connectivity index (χ0v) is 10.3. The van der Waals surface area contributed by atoms with Crippen LogP contribution in [0.1, 0.15) is 6.42 Å². The number of nitrogens with two attached hydrogens (primary N) is 1. The van der Waals surface area contributed by atoms with Gasteiger partial charge in [0.25, 0.3) is 0 Å². The lowest BCUT2D eigenvalue weighted by Crippen LogP contribution is -2.49. The van der Waals surface area contributed by atoms with Crippen LogP contribution in [-0.2, 0) is 0 Å². The van der Waals surface area contributed by atoms with Gasteiger partial charge in [-0.2, -0.15) is 0 Å². The van der Waals surface area contributed by atoms with Crippen LogP contribution in [0.15, 0.2) is 18.3 Å².